The zero-order valence-electron chi connectivity index (χ0n) is 23.5. The summed E-state index contributed by atoms with van der Waals surface area (Å²) in [6.45, 7) is 2.25. The van der Waals surface area contributed by atoms with Crippen molar-refractivity contribution in [2.45, 2.75) is 83.0 Å². The van der Waals surface area contributed by atoms with E-state index in [0.717, 1.165) is 24.7 Å². The summed E-state index contributed by atoms with van der Waals surface area (Å²) < 4.78 is 10.9. The summed E-state index contributed by atoms with van der Waals surface area (Å²) in [6, 6.07) is 15.3. The van der Waals surface area contributed by atoms with Gasteiger partial charge >= 0.3 is 5.97 Å². The van der Waals surface area contributed by atoms with Gasteiger partial charge in [-0.1, -0.05) is 54.6 Å². The molecule has 1 fully saturated rings. The highest BCUT2D eigenvalue weighted by Gasteiger charge is 2.40. The molecule has 0 saturated heterocycles. The third-order valence-corrected chi connectivity index (χ3v) is 7.74. The van der Waals surface area contributed by atoms with E-state index in [9.17, 15) is 24.9 Å². The van der Waals surface area contributed by atoms with E-state index in [0.29, 0.717) is 56.3 Å². The van der Waals surface area contributed by atoms with Crippen LogP contribution in [0.3, 0.4) is 0 Å². The Morgan fingerprint density at radius 2 is 1.80 bits per heavy atom. The Hall–Kier alpha value is -3.00. The van der Waals surface area contributed by atoms with Crippen LogP contribution in [-0.2, 0) is 16.0 Å². The Morgan fingerprint density at radius 1 is 1.02 bits per heavy atom. The molecule has 0 spiro atoms. The topological polar surface area (TPSA) is 113 Å². The smallest absolute Gasteiger partial charge is 0.305 e. The average molecular weight is 553 g/mol. The summed E-state index contributed by atoms with van der Waals surface area (Å²) in [5, 5.41) is 31.5. The van der Waals surface area contributed by atoms with Gasteiger partial charge in [0.05, 0.1) is 18.3 Å². The predicted octanol–water partition coefficient (Wildman–Crippen LogP) is 4.98. The van der Waals surface area contributed by atoms with Gasteiger partial charge in [0.1, 0.15) is 25.2 Å². The van der Waals surface area contributed by atoms with E-state index in [4.69, 9.17) is 9.47 Å². The number of aliphatic hydroxyl groups excluding tert-OH is 3. The molecule has 0 heterocycles. The van der Waals surface area contributed by atoms with Gasteiger partial charge in [-0.3, -0.25) is 9.59 Å². The molecule has 7 heteroatoms. The van der Waals surface area contributed by atoms with Gasteiger partial charge in [0.15, 0.2) is 0 Å². The minimum Gasteiger partial charge on any atom is -0.490 e. The van der Waals surface area contributed by atoms with E-state index in [1.54, 1.807) is 12.1 Å². The number of rotatable bonds is 17. The van der Waals surface area contributed by atoms with Gasteiger partial charge in [0.25, 0.3) is 0 Å². The van der Waals surface area contributed by atoms with Crippen LogP contribution in [0, 0.1) is 18.8 Å². The monoisotopic (exact) mass is 552 g/mol. The normalized spacial score (nSPS) is 21.4. The zero-order chi connectivity index (χ0) is 28.7. The molecule has 0 unspecified atom stereocenters. The average Bonchev–Trinajstić information content (AvgIpc) is 3.23. The first-order valence-electron chi connectivity index (χ1n) is 14.4. The van der Waals surface area contributed by atoms with Gasteiger partial charge in [0, 0.05) is 12.0 Å². The molecule has 40 heavy (non-hydrogen) atoms. The largest absolute Gasteiger partial charge is 0.490 e. The molecule has 1 saturated carbocycles. The van der Waals surface area contributed by atoms with Crippen LogP contribution in [0.2, 0.25) is 0 Å². The number of benzene rings is 2. The molecule has 0 aromatic heterocycles. The molecule has 1 aliphatic rings. The number of aliphatic hydroxyl groups is 3. The van der Waals surface area contributed by atoms with Gasteiger partial charge in [-0.25, -0.2) is 0 Å². The van der Waals surface area contributed by atoms with Crippen LogP contribution < -0.4 is 4.74 Å². The summed E-state index contributed by atoms with van der Waals surface area (Å²) in [4.78, 5) is 22.9. The molecular weight excluding hydrogens is 508 g/mol. The van der Waals surface area contributed by atoms with Crippen molar-refractivity contribution in [3.8, 4) is 5.75 Å². The summed E-state index contributed by atoms with van der Waals surface area (Å²) in [7, 11) is 0. The molecule has 0 bridgehead atoms. The number of hydrogen-bond acceptors (Lipinski definition) is 7. The molecule has 0 radical (unpaired) electrons. The van der Waals surface area contributed by atoms with Crippen LogP contribution in [0.15, 0.2) is 60.7 Å². The minimum atomic E-state index is -0.550. The Labute approximate surface area is 237 Å². The fourth-order valence-electron chi connectivity index (χ4n) is 5.37. The molecule has 3 N–H and O–H groups in total. The molecular formula is C33H44O7. The highest BCUT2D eigenvalue weighted by Crippen LogP contribution is 2.38. The van der Waals surface area contributed by atoms with Crippen molar-refractivity contribution in [2.24, 2.45) is 11.8 Å². The Morgan fingerprint density at radius 3 is 2.58 bits per heavy atom. The van der Waals surface area contributed by atoms with Crippen molar-refractivity contribution >= 4 is 12.3 Å². The first kappa shape index (κ1) is 31.5. The first-order valence-corrected chi connectivity index (χ1v) is 14.4. The number of carbonyl (C=O) groups is 2. The predicted molar refractivity (Wildman–Crippen MR) is 154 cm³/mol. The first-order chi connectivity index (χ1) is 19.4. The van der Waals surface area contributed by atoms with E-state index < -0.39 is 18.3 Å². The quantitative estimate of drug-likeness (QED) is 0.110. The second-order valence-electron chi connectivity index (χ2n) is 10.8. The van der Waals surface area contributed by atoms with Crippen molar-refractivity contribution in [1.29, 1.82) is 0 Å². The maximum absolute atomic E-state index is 12.0. The van der Waals surface area contributed by atoms with E-state index in [1.807, 2.05) is 43.3 Å². The number of esters is 1. The molecule has 2 aromatic rings. The molecule has 5 atom stereocenters. The lowest BCUT2D eigenvalue weighted by atomic mass is 9.85. The zero-order valence-corrected chi connectivity index (χ0v) is 23.5. The van der Waals surface area contributed by atoms with Crippen LogP contribution in [0.4, 0.5) is 0 Å². The van der Waals surface area contributed by atoms with Crippen LogP contribution in [0.1, 0.15) is 72.9 Å². The molecule has 3 rings (SSSR count). The summed E-state index contributed by atoms with van der Waals surface area (Å²) in [5.41, 5.74) is 2.65. The number of carbonyl (C=O) groups excluding carboxylic acids is 2. The van der Waals surface area contributed by atoms with Crippen molar-refractivity contribution < 1.29 is 34.4 Å². The minimum absolute atomic E-state index is 0.0339. The van der Waals surface area contributed by atoms with Gasteiger partial charge in [0.2, 0.25) is 0 Å². The van der Waals surface area contributed by atoms with Crippen molar-refractivity contribution in [3.05, 3.63) is 77.4 Å². The highest BCUT2D eigenvalue weighted by molar-refractivity contribution is 5.75. The van der Waals surface area contributed by atoms with Crippen molar-refractivity contribution in [3.63, 3.8) is 0 Å². The number of aryl methyl sites for hydroxylation is 2. The fraction of sp³-hybridized carbons (Fsp3) is 0.515. The molecule has 0 amide bonds. The van der Waals surface area contributed by atoms with Crippen molar-refractivity contribution in [2.75, 3.05) is 13.2 Å². The van der Waals surface area contributed by atoms with Gasteiger partial charge in [-0.05, 0) is 87.3 Å². The van der Waals surface area contributed by atoms with E-state index in [-0.39, 0.29) is 31.0 Å². The lowest BCUT2D eigenvalue weighted by molar-refractivity contribution is -0.144. The van der Waals surface area contributed by atoms with Crippen LogP contribution in [0.5, 0.6) is 5.75 Å². The number of allylic oxidation sites excluding steroid dienone is 2. The standard InChI is InChI=1S/C33H44O7/c1-24-13-14-26(23-34)21-32(24)39-19-20-40-33(38)12-8-3-2-7-11-28-29(31(37)22-30(28)36)18-17-27(35)16-15-25-9-5-4-6-10-25/h2,4-7,9-10,13-14,21,23,27-31,35-37H,3,8,11-12,15-20,22H2,1H3/t27-,28+,29+,30+,31+/m0/s1. The lowest BCUT2D eigenvalue weighted by Gasteiger charge is -2.23. The highest BCUT2D eigenvalue weighted by atomic mass is 16.6. The van der Waals surface area contributed by atoms with Crippen molar-refractivity contribution in [1.82, 2.24) is 0 Å². The lowest BCUT2D eigenvalue weighted by Crippen LogP contribution is -2.23. The number of ether oxygens (including phenoxy) is 2. The third-order valence-electron chi connectivity index (χ3n) is 7.74. The van der Waals surface area contributed by atoms with Gasteiger partial charge in [-0.15, -0.1) is 0 Å². The maximum Gasteiger partial charge on any atom is 0.305 e. The van der Waals surface area contributed by atoms with E-state index >= 15 is 0 Å². The van der Waals surface area contributed by atoms with Crippen LogP contribution in [-0.4, -0.2) is 59.1 Å². The van der Waals surface area contributed by atoms with Crippen LogP contribution in [0.25, 0.3) is 0 Å². The molecule has 2 aromatic carbocycles. The Balaban J connectivity index is 1.29. The Bertz CT molecular complexity index is 1070. The van der Waals surface area contributed by atoms with Gasteiger partial charge < -0.3 is 24.8 Å². The fourth-order valence-corrected chi connectivity index (χ4v) is 5.37. The number of unbranched alkanes of at least 4 members (excludes halogenated alkanes) is 1. The van der Waals surface area contributed by atoms with Gasteiger partial charge in [-0.2, -0.15) is 0 Å². The van der Waals surface area contributed by atoms with Crippen LogP contribution >= 0.6 is 0 Å². The second kappa shape index (κ2) is 17.0. The SMILES string of the molecule is Cc1ccc(C=O)cc1OCCOC(=O)CCCC=CC[C@@H]1[C@@H](CC[C@@H](O)CCc2ccccc2)[C@H](O)C[C@H]1O. The number of hydrogen-bond donors (Lipinski definition) is 3. The number of aldehydes is 1. The third kappa shape index (κ3) is 10.5. The Kier molecular flexibility index (Phi) is 13.4. The second-order valence-corrected chi connectivity index (χ2v) is 10.8. The van der Waals surface area contributed by atoms with E-state index in [1.165, 1.54) is 5.56 Å². The van der Waals surface area contributed by atoms with E-state index in [2.05, 4.69) is 12.1 Å². The molecule has 218 valence electrons. The molecule has 1 aliphatic carbocycles. The molecule has 7 nitrogen and oxygen atoms in total. The summed E-state index contributed by atoms with van der Waals surface area (Å²) >= 11 is 0. The molecule has 0 aliphatic heterocycles. The summed E-state index contributed by atoms with van der Waals surface area (Å²) in [6.07, 6.45) is 8.80. The summed E-state index contributed by atoms with van der Waals surface area (Å²) in [5.74, 6) is 0.254. The maximum atomic E-state index is 12.0.